The summed E-state index contributed by atoms with van der Waals surface area (Å²) in [7, 11) is 0. The standard InChI is InChI=1S/C10H6ClFN4/c11-6-1-2-7(12)8-9(16-14)5(3-13)4-15-10(6)8/h1-2,4H,14H2,(H,15,16). The summed E-state index contributed by atoms with van der Waals surface area (Å²) in [6.07, 6.45) is 1.29. The van der Waals surface area contributed by atoms with Crippen LogP contribution in [0.15, 0.2) is 18.3 Å². The van der Waals surface area contributed by atoms with Crippen molar-refractivity contribution in [1.82, 2.24) is 4.98 Å². The Labute approximate surface area is 95.4 Å². The van der Waals surface area contributed by atoms with Crippen LogP contribution in [0.25, 0.3) is 10.9 Å². The number of halogens is 2. The van der Waals surface area contributed by atoms with Crippen LogP contribution in [-0.4, -0.2) is 4.98 Å². The van der Waals surface area contributed by atoms with Gasteiger partial charge in [-0.2, -0.15) is 5.26 Å². The van der Waals surface area contributed by atoms with Gasteiger partial charge in [0.25, 0.3) is 0 Å². The largest absolute Gasteiger partial charge is 0.322 e. The zero-order valence-corrected chi connectivity index (χ0v) is 8.72. The second kappa shape index (κ2) is 3.93. The third-order valence-electron chi connectivity index (χ3n) is 2.18. The third-order valence-corrected chi connectivity index (χ3v) is 2.49. The molecule has 6 heteroatoms. The van der Waals surface area contributed by atoms with Crippen molar-refractivity contribution in [3.63, 3.8) is 0 Å². The van der Waals surface area contributed by atoms with Crippen LogP contribution in [0.2, 0.25) is 5.02 Å². The molecule has 0 amide bonds. The first kappa shape index (κ1) is 10.6. The van der Waals surface area contributed by atoms with E-state index in [1.165, 1.54) is 18.3 Å². The number of nitrogens with two attached hydrogens (primary N) is 1. The van der Waals surface area contributed by atoms with Crippen LogP contribution in [0.5, 0.6) is 0 Å². The molecule has 0 aliphatic heterocycles. The Kier molecular flexibility index (Phi) is 2.60. The molecule has 3 N–H and O–H groups in total. The van der Waals surface area contributed by atoms with E-state index in [2.05, 4.69) is 10.4 Å². The Balaban J connectivity index is 2.98. The van der Waals surface area contributed by atoms with Gasteiger partial charge in [-0.1, -0.05) is 11.6 Å². The number of rotatable bonds is 1. The van der Waals surface area contributed by atoms with E-state index in [9.17, 15) is 4.39 Å². The number of benzene rings is 1. The van der Waals surface area contributed by atoms with Crippen molar-refractivity contribution in [1.29, 1.82) is 5.26 Å². The molecule has 0 aliphatic rings. The lowest BCUT2D eigenvalue weighted by molar-refractivity contribution is 0.640. The third kappa shape index (κ3) is 1.45. The van der Waals surface area contributed by atoms with E-state index in [0.717, 1.165) is 0 Å². The molecule has 2 rings (SSSR count). The molecule has 0 atom stereocenters. The van der Waals surface area contributed by atoms with Gasteiger partial charge in [-0.3, -0.25) is 10.8 Å². The fraction of sp³-hybridized carbons (Fsp3) is 0. The van der Waals surface area contributed by atoms with Crippen LogP contribution >= 0.6 is 11.6 Å². The van der Waals surface area contributed by atoms with E-state index in [4.69, 9.17) is 22.7 Å². The maximum absolute atomic E-state index is 13.6. The Bertz CT molecular complexity index is 606. The highest BCUT2D eigenvalue weighted by Gasteiger charge is 2.13. The minimum atomic E-state index is -0.531. The van der Waals surface area contributed by atoms with E-state index in [1.54, 1.807) is 0 Å². The molecule has 0 unspecified atom stereocenters. The Morgan fingerprint density at radius 3 is 2.88 bits per heavy atom. The molecule has 0 radical (unpaired) electrons. The molecule has 0 saturated heterocycles. The molecule has 0 saturated carbocycles. The SMILES string of the molecule is N#Cc1cnc2c(Cl)ccc(F)c2c1NN. The Morgan fingerprint density at radius 1 is 1.50 bits per heavy atom. The summed E-state index contributed by atoms with van der Waals surface area (Å²) in [6.45, 7) is 0. The Morgan fingerprint density at radius 2 is 2.25 bits per heavy atom. The van der Waals surface area contributed by atoms with Crippen molar-refractivity contribution in [2.75, 3.05) is 5.43 Å². The van der Waals surface area contributed by atoms with Crippen LogP contribution in [0.3, 0.4) is 0 Å². The summed E-state index contributed by atoms with van der Waals surface area (Å²) in [4.78, 5) is 3.93. The topological polar surface area (TPSA) is 74.7 Å². The van der Waals surface area contributed by atoms with E-state index in [-0.39, 0.29) is 22.2 Å². The van der Waals surface area contributed by atoms with Gasteiger partial charge in [-0.25, -0.2) is 4.39 Å². The molecule has 16 heavy (non-hydrogen) atoms. The highest BCUT2D eigenvalue weighted by Crippen LogP contribution is 2.31. The highest BCUT2D eigenvalue weighted by molar-refractivity contribution is 6.35. The molecule has 80 valence electrons. The maximum atomic E-state index is 13.6. The van der Waals surface area contributed by atoms with Crippen molar-refractivity contribution in [2.24, 2.45) is 5.84 Å². The van der Waals surface area contributed by atoms with Crippen LogP contribution in [0.1, 0.15) is 5.56 Å². The first-order valence-electron chi connectivity index (χ1n) is 4.32. The Hall–Kier alpha value is -1.90. The summed E-state index contributed by atoms with van der Waals surface area (Å²) in [5.74, 6) is 4.74. The van der Waals surface area contributed by atoms with Gasteiger partial charge < -0.3 is 5.43 Å². The zero-order chi connectivity index (χ0) is 11.7. The molecule has 4 nitrogen and oxygen atoms in total. The van der Waals surface area contributed by atoms with Crippen molar-refractivity contribution < 1.29 is 4.39 Å². The van der Waals surface area contributed by atoms with Gasteiger partial charge in [0, 0.05) is 6.20 Å². The number of aromatic nitrogens is 1. The molecule has 0 fully saturated rings. The minimum Gasteiger partial charge on any atom is -0.322 e. The summed E-state index contributed by atoms with van der Waals surface area (Å²) >= 11 is 5.87. The van der Waals surface area contributed by atoms with Gasteiger partial charge in [-0.15, -0.1) is 0 Å². The van der Waals surface area contributed by atoms with Gasteiger partial charge in [-0.05, 0) is 12.1 Å². The predicted molar refractivity (Wildman–Crippen MR) is 59.2 cm³/mol. The minimum absolute atomic E-state index is 0.119. The van der Waals surface area contributed by atoms with E-state index < -0.39 is 5.82 Å². The normalized spacial score (nSPS) is 10.1. The average Bonchev–Trinajstić information content (AvgIpc) is 2.32. The summed E-state index contributed by atoms with van der Waals surface area (Å²) in [5.41, 5.74) is 2.92. The fourth-order valence-electron chi connectivity index (χ4n) is 1.47. The second-order valence-corrected chi connectivity index (χ2v) is 3.46. The summed E-state index contributed by atoms with van der Waals surface area (Å²) in [5, 5.41) is 9.25. The van der Waals surface area contributed by atoms with Crippen LogP contribution in [0.4, 0.5) is 10.1 Å². The van der Waals surface area contributed by atoms with E-state index in [0.29, 0.717) is 5.02 Å². The maximum Gasteiger partial charge on any atom is 0.134 e. The monoisotopic (exact) mass is 236 g/mol. The van der Waals surface area contributed by atoms with Gasteiger partial charge in [0.05, 0.1) is 27.2 Å². The molecule has 1 aromatic heterocycles. The number of anilines is 1. The van der Waals surface area contributed by atoms with Gasteiger partial charge in [0.2, 0.25) is 0 Å². The van der Waals surface area contributed by atoms with Crippen LogP contribution in [-0.2, 0) is 0 Å². The lowest BCUT2D eigenvalue weighted by Gasteiger charge is -2.08. The number of nitrogens with one attached hydrogen (secondary N) is 1. The molecular formula is C10H6ClFN4. The zero-order valence-electron chi connectivity index (χ0n) is 7.96. The summed E-state index contributed by atoms with van der Waals surface area (Å²) < 4.78 is 13.6. The molecular weight excluding hydrogens is 231 g/mol. The van der Waals surface area contributed by atoms with Gasteiger partial charge >= 0.3 is 0 Å². The van der Waals surface area contributed by atoms with Gasteiger partial charge in [0.15, 0.2) is 0 Å². The first-order chi connectivity index (χ1) is 7.69. The number of hydrazine groups is 1. The number of fused-ring (bicyclic) bond motifs is 1. The van der Waals surface area contributed by atoms with Crippen LogP contribution < -0.4 is 11.3 Å². The molecule has 1 heterocycles. The molecule has 2 aromatic rings. The quantitative estimate of drug-likeness (QED) is 0.588. The number of nitrogens with zero attached hydrogens (tertiary/aromatic N) is 2. The lowest BCUT2D eigenvalue weighted by Crippen LogP contribution is -2.10. The van der Waals surface area contributed by atoms with Gasteiger partial charge in [0.1, 0.15) is 11.9 Å². The smallest absolute Gasteiger partial charge is 0.134 e. The van der Waals surface area contributed by atoms with Crippen molar-refractivity contribution in [3.8, 4) is 6.07 Å². The first-order valence-corrected chi connectivity index (χ1v) is 4.70. The highest BCUT2D eigenvalue weighted by atomic mass is 35.5. The molecule has 1 aromatic carbocycles. The lowest BCUT2D eigenvalue weighted by atomic mass is 10.1. The molecule has 0 bridgehead atoms. The van der Waals surface area contributed by atoms with Crippen molar-refractivity contribution in [3.05, 3.63) is 34.7 Å². The molecule has 0 spiro atoms. The van der Waals surface area contributed by atoms with E-state index >= 15 is 0 Å². The number of hydrogen-bond acceptors (Lipinski definition) is 4. The van der Waals surface area contributed by atoms with Crippen molar-refractivity contribution >= 4 is 28.2 Å². The van der Waals surface area contributed by atoms with E-state index in [1.807, 2.05) is 6.07 Å². The predicted octanol–water partition coefficient (Wildman–Crippen LogP) is 2.18. The fourth-order valence-corrected chi connectivity index (χ4v) is 1.67. The number of nitriles is 1. The number of nitrogen functional groups attached to an aromatic ring is 1. The number of pyridine rings is 1. The second-order valence-electron chi connectivity index (χ2n) is 3.06. The van der Waals surface area contributed by atoms with Crippen molar-refractivity contribution in [2.45, 2.75) is 0 Å². The number of hydrogen-bond donors (Lipinski definition) is 2. The van der Waals surface area contributed by atoms with Crippen LogP contribution in [0, 0.1) is 17.1 Å². The molecule has 0 aliphatic carbocycles. The summed E-state index contributed by atoms with van der Waals surface area (Å²) in [6, 6.07) is 4.47. The average molecular weight is 237 g/mol.